The smallest absolute Gasteiger partial charge is 0.100 e. The average Bonchev–Trinajstić information content (AvgIpc) is 2.77. The van der Waals surface area contributed by atoms with Crippen molar-refractivity contribution in [2.45, 2.75) is 32.4 Å². The SMILES string of the molecule is C[C@H](O)[C@H]1CCCN(Cc2cc(C#N)cs2)C1. The van der Waals surface area contributed by atoms with Crippen LogP contribution in [0, 0.1) is 17.2 Å². The fourth-order valence-electron chi connectivity index (χ4n) is 2.37. The minimum absolute atomic E-state index is 0.212. The molecule has 2 atom stereocenters. The molecule has 0 unspecified atom stereocenters. The molecule has 0 aliphatic carbocycles. The van der Waals surface area contributed by atoms with E-state index in [2.05, 4.69) is 11.0 Å². The molecule has 1 aliphatic rings. The van der Waals surface area contributed by atoms with E-state index in [0.717, 1.165) is 38.0 Å². The zero-order valence-corrected chi connectivity index (χ0v) is 10.9. The molecule has 0 amide bonds. The standard InChI is InChI=1S/C13H18N2OS/c1-10(16)12-3-2-4-15(7-12)8-13-5-11(6-14)9-17-13/h5,9-10,12,16H,2-4,7-8H2,1H3/t10-,12-/m0/s1. The fraction of sp³-hybridized carbons (Fsp3) is 0.615. The van der Waals surface area contributed by atoms with Gasteiger partial charge in [-0.1, -0.05) is 0 Å². The average molecular weight is 250 g/mol. The first-order chi connectivity index (χ1) is 8.19. The Kier molecular flexibility index (Phi) is 4.16. The van der Waals surface area contributed by atoms with Crippen molar-refractivity contribution in [2.24, 2.45) is 5.92 Å². The number of thiophene rings is 1. The fourth-order valence-corrected chi connectivity index (χ4v) is 3.22. The summed E-state index contributed by atoms with van der Waals surface area (Å²) in [6.45, 7) is 4.86. The molecule has 2 rings (SSSR count). The van der Waals surface area contributed by atoms with Gasteiger partial charge >= 0.3 is 0 Å². The van der Waals surface area contributed by atoms with Gasteiger partial charge in [-0.3, -0.25) is 4.90 Å². The van der Waals surface area contributed by atoms with E-state index in [-0.39, 0.29) is 6.10 Å². The predicted molar refractivity (Wildman–Crippen MR) is 68.7 cm³/mol. The van der Waals surface area contributed by atoms with Gasteiger partial charge in [-0.15, -0.1) is 11.3 Å². The highest BCUT2D eigenvalue weighted by Gasteiger charge is 2.23. The largest absolute Gasteiger partial charge is 0.393 e. The summed E-state index contributed by atoms with van der Waals surface area (Å²) in [5, 5.41) is 20.3. The number of rotatable bonds is 3. The molecule has 0 bridgehead atoms. The van der Waals surface area contributed by atoms with Crippen molar-refractivity contribution in [3.63, 3.8) is 0 Å². The molecule has 0 spiro atoms. The quantitative estimate of drug-likeness (QED) is 0.894. The summed E-state index contributed by atoms with van der Waals surface area (Å²) in [5.74, 6) is 0.402. The maximum atomic E-state index is 9.64. The topological polar surface area (TPSA) is 47.3 Å². The van der Waals surface area contributed by atoms with Crippen LogP contribution in [-0.4, -0.2) is 29.2 Å². The molecule has 92 valence electrons. The molecular weight excluding hydrogens is 232 g/mol. The lowest BCUT2D eigenvalue weighted by Gasteiger charge is -2.33. The third-order valence-corrected chi connectivity index (χ3v) is 4.31. The summed E-state index contributed by atoms with van der Waals surface area (Å²) >= 11 is 1.65. The molecule has 1 saturated heterocycles. The van der Waals surface area contributed by atoms with Gasteiger partial charge < -0.3 is 5.11 Å². The maximum Gasteiger partial charge on any atom is 0.100 e. The summed E-state index contributed by atoms with van der Waals surface area (Å²) in [5.41, 5.74) is 0.758. The number of hydrogen-bond acceptors (Lipinski definition) is 4. The summed E-state index contributed by atoms with van der Waals surface area (Å²) in [4.78, 5) is 3.63. The van der Waals surface area contributed by atoms with Gasteiger partial charge in [-0.2, -0.15) is 5.26 Å². The molecule has 0 saturated carbocycles. The Balaban J connectivity index is 1.92. The van der Waals surface area contributed by atoms with Gasteiger partial charge in [-0.25, -0.2) is 0 Å². The number of aliphatic hydroxyl groups excluding tert-OH is 1. The van der Waals surface area contributed by atoms with Crippen LogP contribution in [0.4, 0.5) is 0 Å². The highest BCUT2D eigenvalue weighted by Crippen LogP contribution is 2.23. The van der Waals surface area contributed by atoms with Gasteiger partial charge in [0.05, 0.1) is 11.7 Å². The molecule has 4 heteroatoms. The normalized spacial score (nSPS) is 23.2. The van der Waals surface area contributed by atoms with Crippen LogP contribution in [0.1, 0.15) is 30.2 Å². The molecule has 3 nitrogen and oxygen atoms in total. The first kappa shape index (κ1) is 12.6. The van der Waals surface area contributed by atoms with Crippen LogP contribution in [0.25, 0.3) is 0 Å². The van der Waals surface area contributed by atoms with Crippen LogP contribution in [0.5, 0.6) is 0 Å². The highest BCUT2D eigenvalue weighted by molar-refractivity contribution is 7.10. The lowest BCUT2D eigenvalue weighted by Crippen LogP contribution is -2.38. The zero-order chi connectivity index (χ0) is 12.3. The van der Waals surface area contributed by atoms with Crippen molar-refractivity contribution >= 4 is 11.3 Å². The Hall–Kier alpha value is -0.890. The monoisotopic (exact) mass is 250 g/mol. The summed E-state index contributed by atoms with van der Waals surface area (Å²) < 4.78 is 0. The number of nitriles is 1. The maximum absolute atomic E-state index is 9.64. The van der Waals surface area contributed by atoms with Crippen molar-refractivity contribution in [2.75, 3.05) is 13.1 Å². The van der Waals surface area contributed by atoms with Gasteiger partial charge in [0.1, 0.15) is 6.07 Å². The Labute approximate surface area is 106 Å². The van der Waals surface area contributed by atoms with Crippen molar-refractivity contribution in [3.05, 3.63) is 21.9 Å². The van der Waals surface area contributed by atoms with E-state index < -0.39 is 0 Å². The van der Waals surface area contributed by atoms with E-state index in [1.807, 2.05) is 18.4 Å². The van der Waals surface area contributed by atoms with Crippen LogP contribution < -0.4 is 0 Å². The predicted octanol–water partition coefficient (Wildman–Crippen LogP) is 2.21. The van der Waals surface area contributed by atoms with Crippen molar-refractivity contribution in [3.8, 4) is 6.07 Å². The van der Waals surface area contributed by atoms with Crippen molar-refractivity contribution in [1.29, 1.82) is 5.26 Å². The van der Waals surface area contributed by atoms with E-state index in [0.29, 0.717) is 5.92 Å². The second-order valence-electron chi connectivity index (χ2n) is 4.79. The van der Waals surface area contributed by atoms with E-state index in [1.165, 1.54) is 4.88 Å². The Bertz CT molecular complexity index is 408. The number of hydrogen-bond donors (Lipinski definition) is 1. The highest BCUT2D eigenvalue weighted by atomic mass is 32.1. The summed E-state index contributed by atoms with van der Waals surface area (Å²) in [7, 11) is 0. The molecule has 17 heavy (non-hydrogen) atoms. The first-order valence-electron chi connectivity index (χ1n) is 6.07. The van der Waals surface area contributed by atoms with Crippen LogP contribution >= 0.6 is 11.3 Å². The second kappa shape index (κ2) is 5.63. The number of piperidine rings is 1. The minimum Gasteiger partial charge on any atom is -0.393 e. The molecule has 1 N–H and O–H groups in total. The zero-order valence-electron chi connectivity index (χ0n) is 10.1. The lowest BCUT2D eigenvalue weighted by atomic mass is 9.93. The van der Waals surface area contributed by atoms with Crippen molar-refractivity contribution < 1.29 is 5.11 Å². The molecule has 0 aromatic carbocycles. The van der Waals surface area contributed by atoms with Gasteiger partial charge in [0.15, 0.2) is 0 Å². The van der Waals surface area contributed by atoms with Crippen LogP contribution in [0.15, 0.2) is 11.4 Å². The van der Waals surface area contributed by atoms with E-state index in [1.54, 1.807) is 11.3 Å². The molecular formula is C13H18N2OS. The third-order valence-electron chi connectivity index (χ3n) is 3.39. The molecule has 1 aliphatic heterocycles. The van der Waals surface area contributed by atoms with Gasteiger partial charge in [0.2, 0.25) is 0 Å². The second-order valence-corrected chi connectivity index (χ2v) is 5.79. The van der Waals surface area contributed by atoms with Crippen LogP contribution in [0.2, 0.25) is 0 Å². The molecule has 0 radical (unpaired) electrons. The van der Waals surface area contributed by atoms with Crippen LogP contribution in [-0.2, 0) is 6.54 Å². The lowest BCUT2D eigenvalue weighted by molar-refractivity contribution is 0.0603. The van der Waals surface area contributed by atoms with E-state index in [4.69, 9.17) is 5.26 Å². The summed E-state index contributed by atoms with van der Waals surface area (Å²) in [6, 6.07) is 4.13. The number of likely N-dealkylation sites (tertiary alicyclic amines) is 1. The Morgan fingerprint density at radius 2 is 2.53 bits per heavy atom. The first-order valence-corrected chi connectivity index (χ1v) is 6.95. The van der Waals surface area contributed by atoms with Crippen molar-refractivity contribution in [1.82, 2.24) is 4.90 Å². The number of aliphatic hydroxyl groups is 1. The van der Waals surface area contributed by atoms with E-state index in [9.17, 15) is 5.11 Å². The van der Waals surface area contributed by atoms with Crippen LogP contribution in [0.3, 0.4) is 0 Å². The molecule has 1 aromatic rings. The molecule has 1 fully saturated rings. The van der Waals surface area contributed by atoms with Gasteiger partial charge in [0, 0.05) is 23.3 Å². The van der Waals surface area contributed by atoms with Gasteiger partial charge in [-0.05, 0) is 38.3 Å². The summed E-state index contributed by atoms with van der Waals surface area (Å²) in [6.07, 6.45) is 2.07. The number of nitrogens with zero attached hydrogens (tertiary/aromatic N) is 2. The molecule has 2 heterocycles. The van der Waals surface area contributed by atoms with Gasteiger partial charge in [0.25, 0.3) is 0 Å². The third kappa shape index (κ3) is 3.29. The Morgan fingerprint density at radius 1 is 1.71 bits per heavy atom. The Morgan fingerprint density at radius 3 is 3.18 bits per heavy atom. The molecule has 1 aromatic heterocycles. The van der Waals surface area contributed by atoms with E-state index >= 15 is 0 Å². The minimum atomic E-state index is -0.212.